The Bertz CT molecular complexity index is 782. The first-order valence-corrected chi connectivity index (χ1v) is 9.50. The van der Waals surface area contributed by atoms with Gasteiger partial charge >= 0.3 is 0 Å². The molecule has 0 spiro atoms. The van der Waals surface area contributed by atoms with Crippen molar-refractivity contribution in [2.75, 3.05) is 12.1 Å². The highest BCUT2D eigenvalue weighted by Crippen LogP contribution is 2.41. The molecule has 1 saturated carbocycles. The smallest absolute Gasteiger partial charge is 0.231 e. The molecule has 1 N–H and O–H groups in total. The third kappa shape index (κ3) is 3.96. The van der Waals surface area contributed by atoms with Gasteiger partial charge in [-0.25, -0.2) is 0 Å². The molecule has 0 bridgehead atoms. The number of benzene rings is 2. The van der Waals surface area contributed by atoms with E-state index in [4.69, 9.17) is 21.1 Å². The van der Waals surface area contributed by atoms with E-state index in [1.54, 1.807) is 12.1 Å². The molecule has 5 heteroatoms. The normalized spacial score (nSPS) is 21.4. The van der Waals surface area contributed by atoms with Crippen LogP contribution in [0.4, 0.5) is 5.69 Å². The van der Waals surface area contributed by atoms with Crippen LogP contribution >= 0.6 is 11.6 Å². The molecule has 0 radical (unpaired) electrons. The Kier molecular flexibility index (Phi) is 5.02. The van der Waals surface area contributed by atoms with Crippen molar-refractivity contribution in [1.29, 1.82) is 0 Å². The fraction of sp³-hybridized carbons (Fsp3) is 0.381. The number of fused-ring (bicyclic) bond motifs is 1. The predicted molar refractivity (Wildman–Crippen MR) is 102 cm³/mol. The van der Waals surface area contributed by atoms with Gasteiger partial charge in [-0.1, -0.05) is 17.7 Å². The minimum absolute atomic E-state index is 0.0823. The molecule has 4 nitrogen and oxygen atoms in total. The Morgan fingerprint density at radius 2 is 1.73 bits per heavy atom. The van der Waals surface area contributed by atoms with Gasteiger partial charge in [0, 0.05) is 17.1 Å². The summed E-state index contributed by atoms with van der Waals surface area (Å²) in [7, 11) is 0. The van der Waals surface area contributed by atoms with Gasteiger partial charge in [-0.15, -0.1) is 0 Å². The van der Waals surface area contributed by atoms with E-state index in [2.05, 4.69) is 17.4 Å². The summed E-state index contributed by atoms with van der Waals surface area (Å²) in [6.45, 7) is 0.314. The molecule has 26 heavy (non-hydrogen) atoms. The molecule has 0 atom stereocenters. The van der Waals surface area contributed by atoms with Crippen molar-refractivity contribution in [3.05, 3.63) is 53.1 Å². The molecule has 4 rings (SSSR count). The van der Waals surface area contributed by atoms with Crippen LogP contribution in [0.15, 0.2) is 42.5 Å². The van der Waals surface area contributed by atoms with E-state index in [9.17, 15) is 4.79 Å². The Hall–Kier alpha value is -2.20. The van der Waals surface area contributed by atoms with Crippen LogP contribution in [-0.2, 0) is 4.79 Å². The Balaban J connectivity index is 1.28. The van der Waals surface area contributed by atoms with Gasteiger partial charge < -0.3 is 14.8 Å². The summed E-state index contributed by atoms with van der Waals surface area (Å²) in [6, 6.07) is 13.5. The van der Waals surface area contributed by atoms with Crippen molar-refractivity contribution in [2.24, 2.45) is 5.92 Å². The summed E-state index contributed by atoms with van der Waals surface area (Å²) >= 11 is 5.87. The highest BCUT2D eigenvalue weighted by atomic mass is 35.5. The highest BCUT2D eigenvalue weighted by molar-refractivity contribution is 6.30. The maximum absolute atomic E-state index is 12.3. The van der Waals surface area contributed by atoms with E-state index < -0.39 is 0 Å². The summed E-state index contributed by atoms with van der Waals surface area (Å²) in [4.78, 5) is 12.3. The lowest BCUT2D eigenvalue weighted by Gasteiger charge is -2.28. The Morgan fingerprint density at radius 3 is 2.50 bits per heavy atom. The minimum Gasteiger partial charge on any atom is -0.454 e. The summed E-state index contributed by atoms with van der Waals surface area (Å²) in [6.07, 6.45) is 4.95. The zero-order valence-electron chi connectivity index (χ0n) is 14.5. The van der Waals surface area contributed by atoms with E-state index in [0.717, 1.165) is 42.9 Å². The van der Waals surface area contributed by atoms with E-state index in [0.29, 0.717) is 30.1 Å². The fourth-order valence-corrected chi connectivity index (χ4v) is 4.00. The van der Waals surface area contributed by atoms with Crippen molar-refractivity contribution in [2.45, 2.75) is 38.0 Å². The Labute approximate surface area is 158 Å². The fourth-order valence-electron chi connectivity index (χ4n) is 3.87. The number of nitrogens with one attached hydrogen (secondary N) is 1. The second-order valence-corrected chi connectivity index (χ2v) is 7.53. The van der Waals surface area contributed by atoms with Crippen LogP contribution < -0.4 is 14.8 Å². The van der Waals surface area contributed by atoms with Gasteiger partial charge in [0.1, 0.15) is 0 Å². The lowest BCUT2D eigenvalue weighted by molar-refractivity contribution is -0.117. The van der Waals surface area contributed by atoms with E-state index in [1.807, 2.05) is 18.2 Å². The molecule has 0 saturated heterocycles. The molecular weight excluding hydrogens is 350 g/mol. The van der Waals surface area contributed by atoms with E-state index in [-0.39, 0.29) is 5.91 Å². The maximum atomic E-state index is 12.3. The molecule has 1 fully saturated rings. The molecule has 1 amide bonds. The molecule has 2 aromatic rings. The number of carbonyl (C=O) groups is 1. The number of amides is 1. The quantitative estimate of drug-likeness (QED) is 0.785. The first-order valence-electron chi connectivity index (χ1n) is 9.12. The number of carbonyl (C=O) groups excluding carboxylic acids is 1. The van der Waals surface area contributed by atoms with Gasteiger partial charge in [-0.05, 0) is 79.5 Å². The average molecular weight is 372 g/mol. The van der Waals surface area contributed by atoms with Crippen molar-refractivity contribution in [3.8, 4) is 11.5 Å². The number of hydrogen-bond acceptors (Lipinski definition) is 3. The topological polar surface area (TPSA) is 47.6 Å². The summed E-state index contributed by atoms with van der Waals surface area (Å²) < 4.78 is 10.9. The van der Waals surface area contributed by atoms with Crippen molar-refractivity contribution in [1.82, 2.24) is 0 Å². The summed E-state index contributed by atoms with van der Waals surface area (Å²) in [5.41, 5.74) is 2.12. The molecule has 2 aromatic carbocycles. The van der Waals surface area contributed by atoms with Crippen LogP contribution in [0, 0.1) is 5.92 Å². The van der Waals surface area contributed by atoms with Gasteiger partial charge in [0.25, 0.3) is 0 Å². The van der Waals surface area contributed by atoms with Crippen molar-refractivity contribution in [3.63, 3.8) is 0 Å². The van der Waals surface area contributed by atoms with Gasteiger partial charge in [0.2, 0.25) is 12.7 Å². The Morgan fingerprint density at radius 1 is 1.00 bits per heavy atom. The van der Waals surface area contributed by atoms with Crippen molar-refractivity contribution >= 4 is 23.2 Å². The zero-order valence-corrected chi connectivity index (χ0v) is 15.3. The zero-order chi connectivity index (χ0) is 17.9. The van der Waals surface area contributed by atoms with Crippen molar-refractivity contribution < 1.29 is 14.3 Å². The van der Waals surface area contributed by atoms with Gasteiger partial charge in [-0.2, -0.15) is 0 Å². The SMILES string of the molecule is O=C(C[C@H]1CC[C@@H](c2ccc3c(c2)OCO3)CC1)Nc1ccc(Cl)cc1. The lowest BCUT2D eigenvalue weighted by Crippen LogP contribution is -2.20. The molecule has 1 heterocycles. The van der Waals surface area contributed by atoms with Crippen LogP contribution in [-0.4, -0.2) is 12.7 Å². The monoisotopic (exact) mass is 371 g/mol. The number of halogens is 1. The maximum Gasteiger partial charge on any atom is 0.231 e. The predicted octanol–water partition coefficient (Wildman–Crippen LogP) is 5.37. The van der Waals surface area contributed by atoms with Crippen LogP contribution in [0.2, 0.25) is 5.02 Å². The minimum atomic E-state index is 0.0823. The molecule has 136 valence electrons. The first-order chi connectivity index (χ1) is 12.7. The third-order valence-electron chi connectivity index (χ3n) is 5.32. The van der Waals surface area contributed by atoms with Gasteiger partial charge in [-0.3, -0.25) is 4.79 Å². The lowest BCUT2D eigenvalue weighted by atomic mass is 9.77. The standard InChI is InChI=1S/C21H22ClNO3/c22-17-6-8-18(9-7-17)23-21(24)11-14-1-3-15(4-2-14)16-5-10-19-20(12-16)26-13-25-19/h5-10,12,14-15H,1-4,11,13H2,(H,23,24)/t14-,15+. The largest absolute Gasteiger partial charge is 0.454 e. The van der Waals surface area contributed by atoms with Crippen LogP contribution in [0.5, 0.6) is 11.5 Å². The number of rotatable bonds is 4. The molecule has 1 aliphatic heterocycles. The second-order valence-electron chi connectivity index (χ2n) is 7.09. The number of hydrogen-bond donors (Lipinski definition) is 1. The second kappa shape index (κ2) is 7.58. The van der Waals surface area contributed by atoms with Crippen LogP contribution in [0.1, 0.15) is 43.6 Å². The third-order valence-corrected chi connectivity index (χ3v) is 5.57. The number of anilines is 1. The summed E-state index contributed by atoms with van der Waals surface area (Å²) in [5, 5.41) is 3.63. The first kappa shape index (κ1) is 17.2. The summed E-state index contributed by atoms with van der Waals surface area (Å²) in [5.74, 6) is 2.76. The highest BCUT2D eigenvalue weighted by Gasteiger charge is 2.25. The van der Waals surface area contributed by atoms with Gasteiger partial charge in [0.15, 0.2) is 11.5 Å². The molecule has 0 aromatic heterocycles. The van der Waals surface area contributed by atoms with Crippen LogP contribution in [0.25, 0.3) is 0 Å². The van der Waals surface area contributed by atoms with Gasteiger partial charge in [0.05, 0.1) is 0 Å². The number of ether oxygens (including phenoxy) is 2. The molecule has 2 aliphatic rings. The molecular formula is C21H22ClNO3. The van der Waals surface area contributed by atoms with Crippen LogP contribution in [0.3, 0.4) is 0 Å². The molecule has 0 unspecified atom stereocenters. The van der Waals surface area contributed by atoms with E-state index in [1.165, 1.54) is 5.56 Å². The average Bonchev–Trinajstić information content (AvgIpc) is 3.12. The molecule has 1 aliphatic carbocycles. The van der Waals surface area contributed by atoms with E-state index >= 15 is 0 Å².